The topological polar surface area (TPSA) is 52.8 Å². The van der Waals surface area contributed by atoms with E-state index in [9.17, 15) is 18.0 Å². The van der Waals surface area contributed by atoms with Crippen LogP contribution in [-0.2, 0) is 11.0 Å². The summed E-state index contributed by atoms with van der Waals surface area (Å²) in [6.45, 7) is 4.44. The summed E-state index contributed by atoms with van der Waals surface area (Å²) >= 11 is 0. The number of piperazine rings is 1. The minimum absolute atomic E-state index is 0.0831. The van der Waals surface area contributed by atoms with Crippen LogP contribution in [0.2, 0.25) is 0 Å². The van der Waals surface area contributed by atoms with Crippen molar-refractivity contribution in [3.8, 4) is 0 Å². The number of amides is 1. The van der Waals surface area contributed by atoms with Crippen LogP contribution in [0.1, 0.15) is 31.2 Å². The lowest BCUT2D eigenvalue weighted by atomic mass is 10.0. The molecule has 0 spiro atoms. The van der Waals surface area contributed by atoms with Crippen molar-refractivity contribution < 1.29 is 18.0 Å². The highest BCUT2D eigenvalue weighted by atomic mass is 19.4. The zero-order valence-electron chi connectivity index (χ0n) is 15.9. The number of anilines is 1. The highest BCUT2D eigenvalue weighted by Crippen LogP contribution is 2.35. The smallest absolute Gasteiger partial charge is 0.369 e. The molecule has 1 aromatic rings. The van der Waals surface area contributed by atoms with Crippen LogP contribution >= 0.6 is 0 Å². The molecule has 1 saturated carbocycles. The lowest BCUT2D eigenvalue weighted by Gasteiger charge is -2.44. The maximum atomic E-state index is 13.0. The Bertz CT molecular complexity index is 726. The van der Waals surface area contributed by atoms with Gasteiger partial charge in [-0.25, -0.2) is 0 Å². The van der Waals surface area contributed by atoms with Crippen LogP contribution in [-0.4, -0.2) is 66.6 Å². The fraction of sp³-hybridized carbons (Fsp3) is 0.650. The molecule has 5 nitrogen and oxygen atoms in total. The van der Waals surface area contributed by atoms with E-state index in [2.05, 4.69) is 4.90 Å². The number of halogens is 3. The van der Waals surface area contributed by atoms with E-state index in [-0.39, 0.29) is 5.91 Å². The van der Waals surface area contributed by atoms with E-state index in [1.54, 1.807) is 6.07 Å². The van der Waals surface area contributed by atoms with Crippen LogP contribution < -0.4 is 10.6 Å². The number of rotatable bonds is 3. The Balaban J connectivity index is 1.34. The minimum atomic E-state index is -4.32. The summed E-state index contributed by atoms with van der Waals surface area (Å²) in [6.07, 6.45) is -0.742. The van der Waals surface area contributed by atoms with Gasteiger partial charge in [-0.05, 0) is 43.9 Å². The molecule has 4 rings (SSSR count). The SMILES string of the molecule is NC1(C(=O)N2CCC[C@H](N3CCN(c4cccc(C(F)(F)F)c4)CC3)C2)CC1. The number of nitrogens with two attached hydrogens (primary N) is 1. The molecular weight excluding hydrogens is 369 g/mol. The van der Waals surface area contributed by atoms with Crippen molar-refractivity contribution >= 4 is 11.6 Å². The molecule has 0 radical (unpaired) electrons. The number of carbonyl (C=O) groups is 1. The summed E-state index contributed by atoms with van der Waals surface area (Å²) in [5.41, 5.74) is 5.47. The number of hydrogen-bond donors (Lipinski definition) is 1. The minimum Gasteiger partial charge on any atom is -0.369 e. The van der Waals surface area contributed by atoms with Crippen LogP contribution in [0.25, 0.3) is 0 Å². The monoisotopic (exact) mass is 396 g/mol. The molecule has 1 atom stereocenters. The molecule has 2 aliphatic heterocycles. The molecule has 1 aliphatic carbocycles. The van der Waals surface area contributed by atoms with Crippen LogP contribution in [0.5, 0.6) is 0 Å². The summed E-state index contributed by atoms with van der Waals surface area (Å²) in [6, 6.07) is 5.85. The lowest BCUT2D eigenvalue weighted by molar-refractivity contribution is -0.137. The molecule has 0 unspecified atom stereocenters. The number of carbonyl (C=O) groups excluding carboxylic acids is 1. The molecule has 3 fully saturated rings. The number of nitrogens with zero attached hydrogens (tertiary/aromatic N) is 3. The molecule has 0 bridgehead atoms. The number of alkyl halides is 3. The first kappa shape index (κ1) is 19.5. The van der Waals surface area contributed by atoms with Gasteiger partial charge in [0.2, 0.25) is 5.91 Å². The van der Waals surface area contributed by atoms with Crippen molar-refractivity contribution in [2.75, 3.05) is 44.2 Å². The molecule has 28 heavy (non-hydrogen) atoms. The first-order valence-corrected chi connectivity index (χ1v) is 10.0. The molecule has 2 saturated heterocycles. The number of likely N-dealkylation sites (tertiary alicyclic amines) is 1. The average Bonchev–Trinajstić information content (AvgIpc) is 3.46. The summed E-state index contributed by atoms with van der Waals surface area (Å²) < 4.78 is 38.9. The average molecular weight is 396 g/mol. The van der Waals surface area contributed by atoms with Gasteiger partial charge >= 0.3 is 6.18 Å². The van der Waals surface area contributed by atoms with Crippen molar-refractivity contribution in [1.29, 1.82) is 0 Å². The van der Waals surface area contributed by atoms with E-state index in [0.717, 1.165) is 51.4 Å². The van der Waals surface area contributed by atoms with Crippen molar-refractivity contribution in [2.45, 2.75) is 43.4 Å². The van der Waals surface area contributed by atoms with E-state index in [1.807, 2.05) is 9.80 Å². The Morgan fingerprint density at radius 1 is 1.11 bits per heavy atom. The second-order valence-electron chi connectivity index (χ2n) is 8.27. The second-order valence-corrected chi connectivity index (χ2v) is 8.27. The molecular formula is C20H27F3N4O. The van der Waals surface area contributed by atoms with Gasteiger partial charge in [0.15, 0.2) is 0 Å². The standard InChI is InChI=1S/C20H27F3N4O/c21-20(22,23)15-3-1-4-16(13-15)25-9-11-26(12-10-25)17-5-2-8-27(14-17)18(28)19(24)6-7-19/h1,3-4,13,17H,2,5-12,14,24H2/t17-/m0/s1. The summed E-state index contributed by atoms with van der Waals surface area (Å²) in [4.78, 5) is 18.8. The molecule has 2 heterocycles. The summed E-state index contributed by atoms with van der Waals surface area (Å²) in [5, 5.41) is 0. The highest BCUT2D eigenvalue weighted by Gasteiger charge is 2.49. The fourth-order valence-corrected chi connectivity index (χ4v) is 4.32. The van der Waals surface area contributed by atoms with Crippen LogP contribution in [0, 0.1) is 0 Å². The highest BCUT2D eigenvalue weighted by molar-refractivity contribution is 5.89. The normalized spacial score (nSPS) is 25.6. The Hall–Kier alpha value is -1.80. The molecule has 1 amide bonds. The van der Waals surface area contributed by atoms with Crippen molar-refractivity contribution in [1.82, 2.24) is 9.80 Å². The van der Waals surface area contributed by atoms with E-state index in [4.69, 9.17) is 5.73 Å². The zero-order chi connectivity index (χ0) is 19.9. The van der Waals surface area contributed by atoms with Gasteiger partial charge in [0, 0.05) is 51.0 Å². The first-order chi connectivity index (χ1) is 13.3. The lowest BCUT2D eigenvalue weighted by Crippen LogP contribution is -2.58. The zero-order valence-corrected chi connectivity index (χ0v) is 15.9. The molecule has 3 aliphatic rings. The maximum Gasteiger partial charge on any atom is 0.416 e. The third-order valence-electron chi connectivity index (χ3n) is 6.27. The quantitative estimate of drug-likeness (QED) is 0.852. The van der Waals surface area contributed by atoms with Crippen LogP contribution in [0.15, 0.2) is 24.3 Å². The van der Waals surface area contributed by atoms with E-state index in [0.29, 0.717) is 31.4 Å². The third kappa shape index (κ3) is 3.98. The second kappa shape index (κ2) is 7.22. The van der Waals surface area contributed by atoms with E-state index in [1.165, 1.54) is 12.1 Å². The Labute approximate surface area is 163 Å². The van der Waals surface area contributed by atoms with Gasteiger partial charge in [-0.15, -0.1) is 0 Å². The maximum absolute atomic E-state index is 13.0. The van der Waals surface area contributed by atoms with Gasteiger partial charge in [0.1, 0.15) is 0 Å². The van der Waals surface area contributed by atoms with E-state index >= 15 is 0 Å². The fourth-order valence-electron chi connectivity index (χ4n) is 4.32. The van der Waals surface area contributed by atoms with Crippen LogP contribution in [0.4, 0.5) is 18.9 Å². The van der Waals surface area contributed by atoms with Gasteiger partial charge in [0.25, 0.3) is 0 Å². The van der Waals surface area contributed by atoms with E-state index < -0.39 is 17.3 Å². The van der Waals surface area contributed by atoms with Crippen molar-refractivity contribution in [2.24, 2.45) is 5.73 Å². The molecule has 0 aromatic heterocycles. The van der Waals surface area contributed by atoms with Gasteiger partial charge in [0.05, 0.1) is 11.1 Å². The number of benzene rings is 1. The predicted octanol–water partition coefficient (Wildman–Crippen LogP) is 2.31. The molecule has 2 N–H and O–H groups in total. The Kier molecular flexibility index (Phi) is 5.03. The predicted molar refractivity (Wildman–Crippen MR) is 101 cm³/mol. The Morgan fingerprint density at radius 2 is 1.82 bits per heavy atom. The third-order valence-corrected chi connectivity index (χ3v) is 6.27. The molecule has 8 heteroatoms. The Morgan fingerprint density at radius 3 is 2.46 bits per heavy atom. The first-order valence-electron chi connectivity index (χ1n) is 10.0. The van der Waals surface area contributed by atoms with Crippen molar-refractivity contribution in [3.63, 3.8) is 0 Å². The molecule has 1 aromatic carbocycles. The van der Waals surface area contributed by atoms with Gasteiger partial charge in [-0.2, -0.15) is 13.2 Å². The number of hydrogen-bond acceptors (Lipinski definition) is 4. The van der Waals surface area contributed by atoms with Gasteiger partial charge < -0.3 is 15.5 Å². The summed E-state index contributed by atoms with van der Waals surface area (Å²) in [5.74, 6) is 0.0831. The van der Waals surface area contributed by atoms with Crippen LogP contribution in [0.3, 0.4) is 0 Å². The molecule has 154 valence electrons. The van der Waals surface area contributed by atoms with Gasteiger partial charge in [-0.1, -0.05) is 6.07 Å². The number of piperidine rings is 1. The van der Waals surface area contributed by atoms with Crippen molar-refractivity contribution in [3.05, 3.63) is 29.8 Å². The summed E-state index contributed by atoms with van der Waals surface area (Å²) in [7, 11) is 0. The largest absolute Gasteiger partial charge is 0.416 e. The van der Waals surface area contributed by atoms with Gasteiger partial charge in [-0.3, -0.25) is 9.69 Å².